The van der Waals surface area contributed by atoms with Crippen LogP contribution >= 0.6 is 0 Å². The summed E-state index contributed by atoms with van der Waals surface area (Å²) in [6.07, 6.45) is -0.519. The number of anilines is 1. The number of nitrogens with zero attached hydrogens (tertiary/aromatic N) is 2. The fourth-order valence-electron chi connectivity index (χ4n) is 3.43. The van der Waals surface area contributed by atoms with Gasteiger partial charge in [0.2, 0.25) is 0 Å². The molecule has 0 saturated heterocycles. The van der Waals surface area contributed by atoms with Gasteiger partial charge in [-0.25, -0.2) is 4.79 Å². The number of benzene rings is 2. The molecule has 0 N–H and O–H groups in total. The summed E-state index contributed by atoms with van der Waals surface area (Å²) in [5.41, 5.74) is 3.64. The van der Waals surface area contributed by atoms with E-state index in [4.69, 9.17) is 9.26 Å². The summed E-state index contributed by atoms with van der Waals surface area (Å²) >= 11 is 0. The van der Waals surface area contributed by atoms with Gasteiger partial charge in [0.15, 0.2) is 6.10 Å². The van der Waals surface area contributed by atoms with Crippen molar-refractivity contribution in [3.8, 4) is 0 Å². The van der Waals surface area contributed by atoms with Gasteiger partial charge < -0.3 is 14.2 Å². The Hall–Kier alpha value is -3.41. The molecule has 0 spiro atoms. The predicted octanol–water partition coefficient (Wildman–Crippen LogP) is 3.61. The van der Waals surface area contributed by atoms with Crippen LogP contribution in [-0.2, 0) is 22.5 Å². The largest absolute Gasteiger partial charge is 0.448 e. The zero-order valence-electron chi connectivity index (χ0n) is 15.7. The van der Waals surface area contributed by atoms with Crippen LogP contribution in [0.2, 0.25) is 0 Å². The first-order chi connectivity index (χ1) is 13.5. The number of aryl methyl sites for hydroxylation is 2. The first-order valence-corrected chi connectivity index (χ1v) is 9.11. The van der Waals surface area contributed by atoms with Gasteiger partial charge in [-0.1, -0.05) is 41.6 Å². The van der Waals surface area contributed by atoms with Gasteiger partial charge in [0.05, 0.1) is 17.8 Å². The van der Waals surface area contributed by atoms with E-state index in [1.165, 1.54) is 0 Å². The van der Waals surface area contributed by atoms with E-state index < -0.39 is 12.1 Å². The summed E-state index contributed by atoms with van der Waals surface area (Å²) < 4.78 is 10.7. The molecule has 1 aliphatic heterocycles. The Morgan fingerprint density at radius 3 is 2.54 bits per heavy atom. The average Bonchev–Trinajstić information content (AvgIpc) is 3.04. The van der Waals surface area contributed by atoms with Gasteiger partial charge in [-0.05, 0) is 37.6 Å². The molecule has 142 valence electrons. The highest BCUT2D eigenvalue weighted by atomic mass is 16.5. The summed E-state index contributed by atoms with van der Waals surface area (Å²) in [5.74, 6) is -0.0724. The predicted molar refractivity (Wildman–Crippen MR) is 103 cm³/mol. The molecule has 6 nitrogen and oxygen atoms in total. The highest BCUT2D eigenvalue weighted by Gasteiger charge is 2.35. The molecule has 3 aromatic rings. The zero-order valence-corrected chi connectivity index (χ0v) is 15.7. The zero-order chi connectivity index (χ0) is 19.7. The van der Waals surface area contributed by atoms with Crippen LogP contribution in [-0.4, -0.2) is 23.1 Å². The Morgan fingerprint density at radius 1 is 1.11 bits per heavy atom. The number of rotatable bonds is 4. The number of aromatic nitrogens is 1. The van der Waals surface area contributed by atoms with E-state index in [2.05, 4.69) is 5.16 Å². The third-order valence-electron chi connectivity index (χ3n) is 5.00. The lowest BCUT2D eigenvalue weighted by molar-refractivity contribution is -0.127. The smallest absolute Gasteiger partial charge is 0.339 e. The fraction of sp³-hybridized carbons (Fsp3) is 0.227. The molecule has 2 aromatic carbocycles. The molecule has 1 unspecified atom stereocenters. The lowest BCUT2D eigenvalue weighted by atomic mass is 9.97. The van der Waals surface area contributed by atoms with Crippen molar-refractivity contribution in [2.24, 2.45) is 0 Å². The minimum absolute atomic E-state index is 0.269. The van der Waals surface area contributed by atoms with Gasteiger partial charge in [0, 0.05) is 17.7 Å². The highest BCUT2D eigenvalue weighted by Crippen LogP contribution is 2.26. The topological polar surface area (TPSA) is 72.6 Å². The summed E-state index contributed by atoms with van der Waals surface area (Å²) in [4.78, 5) is 27.4. The quantitative estimate of drug-likeness (QED) is 0.651. The van der Waals surface area contributed by atoms with Crippen molar-refractivity contribution >= 4 is 17.6 Å². The molecule has 0 saturated carbocycles. The lowest BCUT2D eigenvalue weighted by Crippen LogP contribution is -2.44. The number of carbonyl (C=O) groups excluding carboxylic acids is 2. The van der Waals surface area contributed by atoms with Crippen LogP contribution in [0.15, 0.2) is 59.1 Å². The number of cyclic esters (lactones) is 1. The van der Waals surface area contributed by atoms with Crippen LogP contribution in [0.4, 0.5) is 5.69 Å². The second kappa shape index (κ2) is 7.31. The third kappa shape index (κ3) is 3.29. The Balaban J connectivity index is 1.67. The summed E-state index contributed by atoms with van der Waals surface area (Å²) in [5, 5.41) is 3.98. The molecule has 1 amide bonds. The van der Waals surface area contributed by atoms with Crippen LogP contribution < -0.4 is 4.90 Å². The number of amides is 1. The number of ether oxygens (including phenoxy) is 1. The number of fused-ring (bicyclic) bond motifs is 1. The van der Waals surface area contributed by atoms with Crippen molar-refractivity contribution in [3.05, 3.63) is 82.7 Å². The molecule has 1 aromatic heterocycles. The molecule has 0 aliphatic carbocycles. The number of hydrogen-bond acceptors (Lipinski definition) is 5. The van der Waals surface area contributed by atoms with E-state index in [0.717, 1.165) is 22.5 Å². The lowest BCUT2D eigenvalue weighted by Gasteiger charge is -2.30. The van der Waals surface area contributed by atoms with Gasteiger partial charge in [0.1, 0.15) is 5.76 Å². The van der Waals surface area contributed by atoms with Crippen molar-refractivity contribution in [1.29, 1.82) is 0 Å². The molecule has 0 bridgehead atoms. The van der Waals surface area contributed by atoms with Gasteiger partial charge in [-0.15, -0.1) is 0 Å². The number of carbonyl (C=O) groups is 2. The number of esters is 1. The fourth-order valence-corrected chi connectivity index (χ4v) is 3.43. The molecule has 1 atom stereocenters. The molecule has 6 heteroatoms. The molecule has 1 aliphatic rings. The van der Waals surface area contributed by atoms with Crippen molar-refractivity contribution in [2.45, 2.75) is 32.9 Å². The Morgan fingerprint density at radius 2 is 1.82 bits per heavy atom. The molecule has 0 radical (unpaired) electrons. The standard InChI is InChI=1S/C22H20N2O4/c1-14-19(15(2)28-23-14)13-24(17-9-4-3-5-10-17)21(25)20-12-16-8-6-7-11-18(16)22(26)27-20/h3-11,20H,12-13H2,1-2H3. The minimum atomic E-state index is -0.872. The van der Waals surface area contributed by atoms with Crippen molar-refractivity contribution < 1.29 is 18.8 Å². The Bertz CT molecular complexity index is 1010. The van der Waals surface area contributed by atoms with Crippen LogP contribution in [0.1, 0.15) is 32.9 Å². The van der Waals surface area contributed by atoms with E-state index in [-0.39, 0.29) is 5.91 Å². The van der Waals surface area contributed by atoms with Gasteiger partial charge in [-0.2, -0.15) is 0 Å². The maximum atomic E-state index is 13.4. The molecule has 4 rings (SSSR count). The van der Waals surface area contributed by atoms with Crippen molar-refractivity contribution in [1.82, 2.24) is 5.16 Å². The van der Waals surface area contributed by atoms with Crippen LogP contribution in [0, 0.1) is 13.8 Å². The van der Waals surface area contributed by atoms with E-state index in [0.29, 0.717) is 24.3 Å². The third-order valence-corrected chi connectivity index (χ3v) is 5.00. The maximum Gasteiger partial charge on any atom is 0.339 e. The Kier molecular flexibility index (Phi) is 4.69. The SMILES string of the molecule is Cc1noc(C)c1CN(C(=O)C1Cc2ccccc2C(=O)O1)c1ccccc1. The maximum absolute atomic E-state index is 13.4. The average molecular weight is 376 g/mol. The first-order valence-electron chi connectivity index (χ1n) is 9.11. The van der Waals surface area contributed by atoms with Crippen molar-refractivity contribution in [3.63, 3.8) is 0 Å². The molecular formula is C22H20N2O4. The van der Waals surface area contributed by atoms with Crippen molar-refractivity contribution in [2.75, 3.05) is 4.90 Å². The first kappa shape index (κ1) is 18.0. The van der Waals surface area contributed by atoms with E-state index >= 15 is 0 Å². The number of hydrogen-bond donors (Lipinski definition) is 0. The van der Waals surface area contributed by atoms with E-state index in [1.54, 1.807) is 17.0 Å². The van der Waals surface area contributed by atoms with Gasteiger partial charge in [-0.3, -0.25) is 4.79 Å². The van der Waals surface area contributed by atoms with E-state index in [1.807, 2.05) is 56.3 Å². The normalized spacial score (nSPS) is 15.6. The Labute approximate surface area is 162 Å². The van der Waals surface area contributed by atoms with Crippen LogP contribution in [0.3, 0.4) is 0 Å². The monoisotopic (exact) mass is 376 g/mol. The number of para-hydroxylation sites is 1. The summed E-state index contributed by atoms with van der Waals surface area (Å²) in [6, 6.07) is 16.6. The van der Waals surface area contributed by atoms with E-state index in [9.17, 15) is 9.59 Å². The summed E-state index contributed by atoms with van der Waals surface area (Å²) in [6.45, 7) is 3.95. The highest BCUT2D eigenvalue weighted by molar-refractivity contribution is 6.01. The van der Waals surface area contributed by atoms with Gasteiger partial charge >= 0.3 is 5.97 Å². The van der Waals surface area contributed by atoms with Crippen LogP contribution in [0.5, 0.6) is 0 Å². The molecule has 2 heterocycles. The molecular weight excluding hydrogens is 356 g/mol. The second-order valence-corrected chi connectivity index (χ2v) is 6.82. The van der Waals surface area contributed by atoms with Gasteiger partial charge in [0.25, 0.3) is 5.91 Å². The minimum Gasteiger partial charge on any atom is -0.448 e. The molecule has 0 fully saturated rings. The van der Waals surface area contributed by atoms with Crippen LogP contribution in [0.25, 0.3) is 0 Å². The molecule has 28 heavy (non-hydrogen) atoms. The summed E-state index contributed by atoms with van der Waals surface area (Å²) in [7, 11) is 0. The second-order valence-electron chi connectivity index (χ2n) is 6.82.